The molecule has 0 amide bonds. The molecule has 0 aliphatic carbocycles. The first-order valence-corrected chi connectivity index (χ1v) is 12.1. The summed E-state index contributed by atoms with van der Waals surface area (Å²) in [6.45, 7) is 0. The molecule has 0 bridgehead atoms. The zero-order chi connectivity index (χ0) is 23.3. The molecule has 0 radical (unpaired) electrons. The van der Waals surface area contributed by atoms with Crippen molar-refractivity contribution in [1.29, 1.82) is 0 Å². The van der Waals surface area contributed by atoms with Gasteiger partial charge in [0.15, 0.2) is 0 Å². The van der Waals surface area contributed by atoms with Crippen molar-refractivity contribution in [2.75, 3.05) is 0 Å². The molecular formula is C24H16BrF2N3O2S. The highest BCUT2D eigenvalue weighted by Crippen LogP contribution is 2.36. The number of nitrogens with zero attached hydrogens (tertiary/aromatic N) is 3. The summed E-state index contributed by atoms with van der Waals surface area (Å²) in [6.07, 6.45) is 0. The van der Waals surface area contributed by atoms with Crippen LogP contribution in [0.5, 0.6) is 0 Å². The Hall–Kier alpha value is -3.30. The average molecular weight is 528 g/mol. The number of hydrogen-bond donors (Lipinski definition) is 0. The van der Waals surface area contributed by atoms with Gasteiger partial charge in [-0.2, -0.15) is 5.10 Å². The largest absolute Gasteiger partial charge is 0.268 e. The van der Waals surface area contributed by atoms with E-state index in [-0.39, 0.29) is 10.6 Å². The Morgan fingerprint density at radius 3 is 2.18 bits per heavy atom. The van der Waals surface area contributed by atoms with E-state index in [1.54, 1.807) is 48.1 Å². The van der Waals surface area contributed by atoms with E-state index in [2.05, 4.69) is 21.0 Å². The van der Waals surface area contributed by atoms with Crippen molar-refractivity contribution < 1.29 is 17.2 Å². The molecule has 3 aromatic carbocycles. The van der Waals surface area contributed by atoms with Gasteiger partial charge in [-0.1, -0.05) is 30.3 Å². The van der Waals surface area contributed by atoms with Crippen molar-refractivity contribution in [2.24, 2.45) is 7.05 Å². The van der Waals surface area contributed by atoms with Gasteiger partial charge in [0.2, 0.25) is 0 Å². The second-order valence-electron chi connectivity index (χ2n) is 7.46. The lowest BCUT2D eigenvalue weighted by Crippen LogP contribution is -2.14. The van der Waals surface area contributed by atoms with Gasteiger partial charge in [-0.25, -0.2) is 21.2 Å². The molecule has 0 saturated heterocycles. The predicted octanol–water partition coefficient (Wildman–Crippen LogP) is 5.99. The molecule has 0 spiro atoms. The van der Waals surface area contributed by atoms with Crippen LogP contribution < -0.4 is 0 Å². The van der Waals surface area contributed by atoms with E-state index >= 15 is 0 Å². The van der Waals surface area contributed by atoms with Crippen LogP contribution in [0, 0.1) is 11.6 Å². The summed E-state index contributed by atoms with van der Waals surface area (Å²) in [5, 5.41) is 4.79. The van der Waals surface area contributed by atoms with Crippen LogP contribution in [0.15, 0.2) is 88.4 Å². The van der Waals surface area contributed by atoms with E-state index < -0.39 is 27.2 Å². The molecule has 33 heavy (non-hydrogen) atoms. The molecule has 0 aliphatic heterocycles. The summed E-state index contributed by atoms with van der Waals surface area (Å²) >= 11 is 3.35. The fraction of sp³-hybridized carbons (Fsp3) is 0.0417. The van der Waals surface area contributed by atoms with E-state index in [0.29, 0.717) is 15.5 Å². The highest BCUT2D eigenvalue weighted by molar-refractivity contribution is 9.10. The lowest BCUT2D eigenvalue weighted by atomic mass is 10.1. The van der Waals surface area contributed by atoms with Crippen molar-refractivity contribution in [2.45, 2.75) is 4.90 Å². The third-order valence-electron chi connectivity index (χ3n) is 5.40. The van der Waals surface area contributed by atoms with Crippen LogP contribution in [-0.2, 0) is 17.1 Å². The SMILES string of the molecule is Cn1nc(Br)cc1-c1ccc2c(c1)cc(-c1c(F)cccc1F)n2S(=O)(=O)c1ccccc1. The summed E-state index contributed by atoms with van der Waals surface area (Å²) in [5.41, 5.74) is 1.38. The van der Waals surface area contributed by atoms with Gasteiger partial charge in [0.25, 0.3) is 10.0 Å². The fourth-order valence-electron chi connectivity index (χ4n) is 3.93. The zero-order valence-electron chi connectivity index (χ0n) is 17.2. The smallest absolute Gasteiger partial charge is 0.267 e. The molecule has 5 rings (SSSR count). The van der Waals surface area contributed by atoms with Gasteiger partial charge >= 0.3 is 0 Å². The average Bonchev–Trinajstić information content (AvgIpc) is 3.33. The van der Waals surface area contributed by atoms with Gasteiger partial charge in [0.1, 0.15) is 16.2 Å². The van der Waals surface area contributed by atoms with Gasteiger partial charge in [-0.05, 0) is 64.5 Å². The van der Waals surface area contributed by atoms with Gasteiger partial charge in [0, 0.05) is 18.0 Å². The minimum absolute atomic E-state index is 0.0140. The maximum atomic E-state index is 14.8. The maximum absolute atomic E-state index is 14.8. The molecular weight excluding hydrogens is 512 g/mol. The highest BCUT2D eigenvalue weighted by Gasteiger charge is 2.27. The van der Waals surface area contributed by atoms with E-state index in [1.807, 2.05) is 6.07 Å². The van der Waals surface area contributed by atoms with Gasteiger partial charge < -0.3 is 0 Å². The first kappa shape index (κ1) is 21.5. The monoisotopic (exact) mass is 527 g/mol. The van der Waals surface area contributed by atoms with Crippen LogP contribution in [0.2, 0.25) is 0 Å². The van der Waals surface area contributed by atoms with Crippen molar-refractivity contribution >= 4 is 36.9 Å². The van der Waals surface area contributed by atoms with E-state index in [1.165, 1.54) is 24.3 Å². The lowest BCUT2D eigenvalue weighted by Gasteiger charge is -2.13. The maximum Gasteiger partial charge on any atom is 0.268 e. The number of aromatic nitrogens is 3. The van der Waals surface area contributed by atoms with Gasteiger partial charge in [-0.15, -0.1) is 0 Å². The molecule has 2 aromatic heterocycles. The zero-order valence-corrected chi connectivity index (χ0v) is 19.6. The Morgan fingerprint density at radius 2 is 1.55 bits per heavy atom. The van der Waals surface area contributed by atoms with Crippen LogP contribution in [0.1, 0.15) is 0 Å². The fourth-order valence-corrected chi connectivity index (χ4v) is 5.92. The Balaban J connectivity index is 1.84. The number of benzene rings is 3. The Labute approximate surface area is 197 Å². The number of hydrogen-bond acceptors (Lipinski definition) is 3. The van der Waals surface area contributed by atoms with Crippen molar-refractivity contribution in [3.8, 4) is 22.5 Å². The summed E-state index contributed by atoms with van der Waals surface area (Å²) in [5.74, 6) is -1.70. The van der Waals surface area contributed by atoms with Crippen LogP contribution in [0.25, 0.3) is 33.4 Å². The van der Waals surface area contributed by atoms with E-state index in [9.17, 15) is 17.2 Å². The topological polar surface area (TPSA) is 56.9 Å². The Morgan fingerprint density at radius 1 is 0.848 bits per heavy atom. The predicted molar refractivity (Wildman–Crippen MR) is 126 cm³/mol. The molecule has 5 aromatic rings. The van der Waals surface area contributed by atoms with E-state index in [0.717, 1.165) is 27.4 Å². The molecule has 0 fully saturated rings. The third kappa shape index (κ3) is 3.57. The molecule has 0 N–H and O–H groups in total. The molecule has 0 saturated carbocycles. The second-order valence-corrected chi connectivity index (χ2v) is 10.1. The number of rotatable bonds is 4. The molecule has 166 valence electrons. The summed E-state index contributed by atoms with van der Waals surface area (Å²) in [6, 6.07) is 19.7. The van der Waals surface area contributed by atoms with E-state index in [4.69, 9.17) is 0 Å². The number of fused-ring (bicyclic) bond motifs is 1. The van der Waals surface area contributed by atoms with Crippen LogP contribution in [-0.4, -0.2) is 22.2 Å². The third-order valence-corrected chi connectivity index (χ3v) is 7.53. The molecule has 9 heteroatoms. The molecule has 0 aliphatic rings. The molecule has 0 unspecified atom stereocenters. The standard InChI is InChI=1S/C24H16BrF2N3O2S/c1-29-21(14-23(25)28-29)15-10-11-20-16(12-15)13-22(24-18(26)8-5-9-19(24)27)30(20)33(31,32)17-6-3-2-4-7-17/h2-14H,1H3. The molecule has 2 heterocycles. The van der Waals surface area contributed by atoms with Gasteiger partial charge in [-0.3, -0.25) is 4.68 Å². The quantitative estimate of drug-likeness (QED) is 0.288. The summed E-state index contributed by atoms with van der Waals surface area (Å²) in [7, 11) is -2.37. The second kappa shape index (κ2) is 7.93. The number of aryl methyl sites for hydroxylation is 1. The summed E-state index contributed by atoms with van der Waals surface area (Å²) < 4.78 is 60.1. The van der Waals surface area contributed by atoms with Crippen molar-refractivity contribution in [3.63, 3.8) is 0 Å². The van der Waals surface area contributed by atoms with Gasteiger partial charge in [0.05, 0.1) is 27.4 Å². The van der Waals surface area contributed by atoms with Crippen LogP contribution in [0.3, 0.4) is 0 Å². The molecule has 0 atom stereocenters. The van der Waals surface area contributed by atoms with Crippen molar-refractivity contribution in [1.82, 2.24) is 13.8 Å². The molecule has 5 nitrogen and oxygen atoms in total. The van der Waals surface area contributed by atoms with Crippen LogP contribution >= 0.6 is 15.9 Å². The normalized spacial score (nSPS) is 11.9. The first-order chi connectivity index (χ1) is 15.8. The Bertz CT molecular complexity index is 1610. The number of halogens is 3. The highest BCUT2D eigenvalue weighted by atomic mass is 79.9. The minimum atomic E-state index is -4.16. The Kier molecular flexibility index (Phi) is 5.18. The first-order valence-electron chi connectivity index (χ1n) is 9.88. The summed E-state index contributed by atoms with van der Waals surface area (Å²) in [4.78, 5) is 0.0140. The minimum Gasteiger partial charge on any atom is -0.267 e. The lowest BCUT2D eigenvalue weighted by molar-refractivity contribution is 0.583. The van der Waals surface area contributed by atoms with Crippen molar-refractivity contribution in [3.05, 3.63) is 95.1 Å². The van der Waals surface area contributed by atoms with Crippen LogP contribution in [0.4, 0.5) is 8.78 Å².